The van der Waals surface area contributed by atoms with Crippen LogP contribution in [0.3, 0.4) is 0 Å². The molecule has 0 bridgehead atoms. The monoisotopic (exact) mass is 504 g/mol. The second-order valence-electron chi connectivity index (χ2n) is 9.77. The summed E-state index contributed by atoms with van der Waals surface area (Å²) in [4.78, 5) is 21.7. The summed E-state index contributed by atoms with van der Waals surface area (Å²) >= 11 is 0. The smallest absolute Gasteiger partial charge is 0.208 e. The van der Waals surface area contributed by atoms with Crippen LogP contribution in [-0.4, -0.2) is 80.8 Å². The average Bonchev–Trinajstić information content (AvgIpc) is 2.87. The van der Waals surface area contributed by atoms with Crippen LogP contribution in [0.2, 0.25) is 0 Å². The fraction of sp³-hybridized carbons (Fsp3) is 0.379. The Hall–Kier alpha value is -3.62. The van der Waals surface area contributed by atoms with Crippen molar-refractivity contribution in [1.29, 1.82) is 0 Å². The highest BCUT2D eigenvalue weighted by molar-refractivity contribution is 6.24. The van der Waals surface area contributed by atoms with Crippen molar-refractivity contribution in [2.75, 3.05) is 70.3 Å². The van der Waals surface area contributed by atoms with E-state index in [1.165, 1.54) is 0 Å². The number of rotatable bonds is 13. The molecule has 1 aliphatic carbocycles. The molecule has 0 radical (unpaired) electrons. The molecule has 0 saturated heterocycles. The number of aliphatic imine (C=N–C) groups is 1. The van der Waals surface area contributed by atoms with Crippen molar-refractivity contribution in [2.24, 2.45) is 4.99 Å². The van der Waals surface area contributed by atoms with Crippen LogP contribution in [0.4, 0.5) is 22.7 Å². The Kier molecular flexibility index (Phi) is 10.3. The first kappa shape index (κ1) is 28.0. The van der Waals surface area contributed by atoms with Crippen LogP contribution >= 0.6 is 0 Å². The second-order valence-corrected chi connectivity index (χ2v) is 9.77. The van der Waals surface area contributed by atoms with Crippen molar-refractivity contribution < 1.29 is 9.90 Å². The van der Waals surface area contributed by atoms with Gasteiger partial charge in [-0.2, -0.15) is 0 Å². The van der Waals surface area contributed by atoms with Gasteiger partial charge in [0.25, 0.3) is 0 Å². The first-order valence-corrected chi connectivity index (χ1v) is 12.7. The molecule has 37 heavy (non-hydrogen) atoms. The Morgan fingerprint density at radius 1 is 0.784 bits per heavy atom. The highest BCUT2D eigenvalue weighted by Gasteiger charge is 2.24. The fourth-order valence-electron chi connectivity index (χ4n) is 3.83. The van der Waals surface area contributed by atoms with Gasteiger partial charge in [0.1, 0.15) is 11.5 Å². The predicted molar refractivity (Wildman–Crippen MR) is 155 cm³/mol. The van der Waals surface area contributed by atoms with Crippen molar-refractivity contribution in [3.8, 4) is 0 Å². The lowest BCUT2D eigenvalue weighted by Crippen LogP contribution is -2.22. The zero-order valence-electron chi connectivity index (χ0n) is 22.6. The first-order chi connectivity index (χ1) is 17.7. The van der Waals surface area contributed by atoms with E-state index >= 15 is 0 Å². The lowest BCUT2D eigenvalue weighted by Gasteiger charge is -2.17. The molecule has 0 fully saturated rings. The van der Waals surface area contributed by atoms with Crippen LogP contribution in [-0.2, 0) is 4.79 Å². The maximum atomic E-state index is 12.8. The quantitative estimate of drug-likeness (QED) is 0.228. The third-order valence-electron chi connectivity index (χ3n) is 5.97. The van der Waals surface area contributed by atoms with Gasteiger partial charge in [0.2, 0.25) is 5.78 Å². The number of hydrogen-bond acceptors (Lipinski definition) is 8. The topological polar surface area (TPSA) is 92.2 Å². The number of hydrogen-bond donors (Lipinski definition) is 4. The van der Waals surface area contributed by atoms with Gasteiger partial charge in [0.05, 0.1) is 11.4 Å². The Balaban J connectivity index is 1.65. The largest absolute Gasteiger partial charge is 0.505 e. The molecule has 0 unspecified atom stereocenters. The number of carbonyl (C=O) groups is 1. The molecular formula is C29H40N6O2. The Morgan fingerprint density at radius 3 is 1.78 bits per heavy atom. The van der Waals surface area contributed by atoms with E-state index in [9.17, 15) is 9.90 Å². The van der Waals surface area contributed by atoms with Crippen molar-refractivity contribution in [3.63, 3.8) is 0 Å². The molecule has 8 heteroatoms. The third-order valence-corrected chi connectivity index (χ3v) is 5.97. The van der Waals surface area contributed by atoms with E-state index in [4.69, 9.17) is 0 Å². The van der Waals surface area contributed by atoms with Gasteiger partial charge in [-0.1, -0.05) is 0 Å². The molecule has 4 N–H and O–H groups in total. The van der Waals surface area contributed by atoms with Gasteiger partial charge in [-0.3, -0.25) is 4.79 Å². The molecule has 0 aliphatic heterocycles. The van der Waals surface area contributed by atoms with Crippen LogP contribution in [0, 0.1) is 0 Å². The van der Waals surface area contributed by atoms with E-state index in [2.05, 4.69) is 58.9 Å². The fourth-order valence-corrected chi connectivity index (χ4v) is 3.83. The molecular weight excluding hydrogens is 464 g/mol. The van der Waals surface area contributed by atoms with Crippen LogP contribution in [0.15, 0.2) is 76.6 Å². The molecule has 1 aliphatic rings. The molecule has 3 rings (SSSR count). The lowest BCUT2D eigenvalue weighted by molar-refractivity contribution is -0.112. The van der Waals surface area contributed by atoms with Gasteiger partial charge in [-0.05, 0) is 116 Å². The normalized spacial score (nSPS) is 14.9. The minimum atomic E-state index is -0.250. The highest BCUT2D eigenvalue weighted by Crippen LogP contribution is 2.24. The second kappa shape index (κ2) is 13.6. The van der Waals surface area contributed by atoms with Crippen molar-refractivity contribution >= 4 is 34.2 Å². The van der Waals surface area contributed by atoms with E-state index in [0.29, 0.717) is 17.1 Å². The summed E-state index contributed by atoms with van der Waals surface area (Å²) in [5, 5.41) is 20.6. The predicted octanol–water partition coefficient (Wildman–Crippen LogP) is 4.90. The summed E-state index contributed by atoms with van der Waals surface area (Å²) in [6.07, 6.45) is 3.71. The number of ketones is 1. The molecule has 0 spiro atoms. The Labute approximate surface area is 220 Å². The molecule has 198 valence electrons. The summed E-state index contributed by atoms with van der Waals surface area (Å²) in [5.41, 5.74) is 4.53. The van der Waals surface area contributed by atoms with E-state index in [-0.39, 0.29) is 17.1 Å². The van der Waals surface area contributed by atoms with Gasteiger partial charge >= 0.3 is 0 Å². The zero-order valence-corrected chi connectivity index (χ0v) is 22.6. The minimum absolute atomic E-state index is 0.0984. The van der Waals surface area contributed by atoms with Gasteiger partial charge in [0.15, 0.2) is 0 Å². The molecule has 0 heterocycles. The SMILES string of the molecule is CC1=C(O)/C(=N\c2ccc(NCCCN(C)C)cc2)C=C(Nc2ccc(NCCCN(C)C)cc2)C1=O. The number of benzene rings is 2. The summed E-state index contributed by atoms with van der Waals surface area (Å²) in [6.45, 7) is 5.46. The third kappa shape index (κ3) is 8.77. The maximum Gasteiger partial charge on any atom is 0.208 e. The molecule has 0 saturated carbocycles. The minimum Gasteiger partial charge on any atom is -0.505 e. The van der Waals surface area contributed by atoms with Gasteiger partial charge < -0.3 is 30.9 Å². The van der Waals surface area contributed by atoms with Crippen molar-refractivity contribution in [2.45, 2.75) is 19.8 Å². The summed E-state index contributed by atoms with van der Waals surface area (Å²) in [7, 11) is 8.26. The standard InChI is InChI=1S/C29H40N6O2/c1-21-28(36)26(32-24-12-8-22(9-13-24)30-16-6-18-34(2)3)20-27(29(21)37)33-25-14-10-23(11-15-25)31-17-7-19-35(4)5/h8-15,20,30-32,37H,6-7,16-19H2,1-5H3/b33-27-. The van der Waals surface area contributed by atoms with Crippen LogP contribution in [0.1, 0.15) is 19.8 Å². The number of Topliss-reactive ketones (excluding diaryl/α,β-unsaturated/α-hetero) is 1. The lowest BCUT2D eigenvalue weighted by atomic mass is 9.99. The van der Waals surface area contributed by atoms with Crippen LogP contribution < -0.4 is 16.0 Å². The zero-order chi connectivity index (χ0) is 26.8. The first-order valence-electron chi connectivity index (χ1n) is 12.7. The van der Waals surface area contributed by atoms with E-state index in [1.54, 1.807) is 13.0 Å². The molecule has 0 aromatic heterocycles. The number of nitrogens with zero attached hydrogens (tertiary/aromatic N) is 3. The number of aliphatic hydroxyl groups excluding tert-OH is 1. The molecule has 0 atom stereocenters. The maximum absolute atomic E-state index is 12.8. The number of aliphatic hydroxyl groups is 1. The van der Waals surface area contributed by atoms with Gasteiger partial charge in [-0.15, -0.1) is 0 Å². The highest BCUT2D eigenvalue weighted by atomic mass is 16.3. The summed E-state index contributed by atoms with van der Waals surface area (Å²) in [5.74, 6) is -0.349. The van der Waals surface area contributed by atoms with Crippen LogP contribution in [0.5, 0.6) is 0 Å². The summed E-state index contributed by atoms with van der Waals surface area (Å²) in [6, 6.07) is 15.5. The van der Waals surface area contributed by atoms with E-state index in [1.807, 2.05) is 48.5 Å². The van der Waals surface area contributed by atoms with Gasteiger partial charge in [-0.25, -0.2) is 4.99 Å². The molecule has 0 amide bonds. The molecule has 8 nitrogen and oxygen atoms in total. The van der Waals surface area contributed by atoms with Crippen molar-refractivity contribution in [1.82, 2.24) is 9.80 Å². The summed E-state index contributed by atoms with van der Waals surface area (Å²) < 4.78 is 0. The van der Waals surface area contributed by atoms with E-state index < -0.39 is 0 Å². The van der Waals surface area contributed by atoms with Crippen LogP contribution in [0.25, 0.3) is 0 Å². The Bertz CT molecular complexity index is 1130. The Morgan fingerprint density at radius 2 is 1.27 bits per heavy atom. The number of allylic oxidation sites excluding steroid dienone is 2. The van der Waals surface area contributed by atoms with Gasteiger partial charge in [0, 0.05) is 35.7 Å². The molecule has 2 aromatic rings. The molecule has 2 aromatic carbocycles. The van der Waals surface area contributed by atoms with Crippen molar-refractivity contribution in [3.05, 3.63) is 71.6 Å². The van der Waals surface area contributed by atoms with E-state index in [0.717, 1.165) is 56.1 Å². The number of nitrogens with one attached hydrogen (secondary N) is 3. The number of carbonyl (C=O) groups excluding carboxylic acids is 1. The number of anilines is 3. The average molecular weight is 505 g/mol.